The van der Waals surface area contributed by atoms with Crippen molar-refractivity contribution in [1.29, 1.82) is 5.26 Å². The van der Waals surface area contributed by atoms with E-state index in [9.17, 15) is 5.26 Å². The number of methoxy groups -OCH3 is 1. The molecule has 0 heterocycles. The van der Waals surface area contributed by atoms with E-state index in [2.05, 4.69) is 11.4 Å². The highest BCUT2D eigenvalue weighted by molar-refractivity contribution is 5.33. The molecule has 0 amide bonds. The van der Waals surface area contributed by atoms with Gasteiger partial charge in [-0.2, -0.15) is 5.26 Å². The van der Waals surface area contributed by atoms with Gasteiger partial charge in [-0.25, -0.2) is 0 Å². The lowest BCUT2D eigenvalue weighted by Crippen LogP contribution is -2.52. The number of benzene rings is 1. The van der Waals surface area contributed by atoms with Crippen molar-refractivity contribution in [2.45, 2.75) is 37.3 Å². The topological polar surface area (TPSA) is 54.3 Å². The van der Waals surface area contributed by atoms with Gasteiger partial charge in [0.2, 0.25) is 0 Å². The summed E-state index contributed by atoms with van der Waals surface area (Å²) >= 11 is 0. The molecule has 0 saturated heterocycles. The minimum Gasteiger partial charge on any atom is -0.497 e. The van der Waals surface area contributed by atoms with Crippen LogP contribution in [0, 0.1) is 17.2 Å². The van der Waals surface area contributed by atoms with E-state index < -0.39 is 5.54 Å². The first-order chi connectivity index (χ1) is 9.75. The summed E-state index contributed by atoms with van der Waals surface area (Å²) in [6.45, 7) is 0.401. The Morgan fingerprint density at radius 2 is 2.05 bits per heavy atom. The largest absolute Gasteiger partial charge is 0.497 e. The highest BCUT2D eigenvalue weighted by Crippen LogP contribution is 2.41. The van der Waals surface area contributed by atoms with Gasteiger partial charge < -0.3 is 9.47 Å². The molecule has 2 aliphatic rings. The maximum atomic E-state index is 9.63. The van der Waals surface area contributed by atoms with Crippen molar-refractivity contribution in [3.05, 3.63) is 24.3 Å². The molecule has 2 fully saturated rings. The molecule has 4 heteroatoms. The fourth-order valence-electron chi connectivity index (χ4n) is 2.49. The first kappa shape index (κ1) is 13.3. The maximum absolute atomic E-state index is 9.63. The van der Waals surface area contributed by atoms with Gasteiger partial charge in [0.15, 0.2) is 0 Å². The summed E-state index contributed by atoms with van der Waals surface area (Å²) in [7, 11) is 1.64. The molecule has 20 heavy (non-hydrogen) atoms. The molecule has 1 aromatic rings. The molecule has 3 rings (SSSR count). The molecule has 0 bridgehead atoms. The van der Waals surface area contributed by atoms with Crippen molar-refractivity contribution >= 4 is 0 Å². The molecule has 1 aromatic carbocycles. The smallest absolute Gasteiger partial charge is 0.144 e. The molecule has 0 aromatic heterocycles. The Kier molecular flexibility index (Phi) is 3.54. The highest BCUT2D eigenvalue weighted by Gasteiger charge is 2.49. The van der Waals surface area contributed by atoms with Gasteiger partial charge in [0, 0.05) is 12.1 Å². The molecule has 4 nitrogen and oxygen atoms in total. The van der Waals surface area contributed by atoms with Gasteiger partial charge in [0.25, 0.3) is 0 Å². The minimum atomic E-state index is -0.524. The molecule has 1 N–H and O–H groups in total. The molecule has 0 radical (unpaired) electrons. The second-order valence-corrected chi connectivity index (χ2v) is 5.74. The SMILES string of the molecule is COc1cccc(OCC(C#N)(NC2CC2)C2CC2)c1. The Bertz CT molecular complexity index is 517. The summed E-state index contributed by atoms with van der Waals surface area (Å²) in [5.41, 5.74) is -0.524. The summed E-state index contributed by atoms with van der Waals surface area (Å²) in [4.78, 5) is 0. The van der Waals surface area contributed by atoms with E-state index in [1.165, 1.54) is 12.8 Å². The van der Waals surface area contributed by atoms with Crippen LogP contribution in [0.25, 0.3) is 0 Å². The van der Waals surface area contributed by atoms with E-state index in [0.717, 1.165) is 24.3 Å². The lowest BCUT2D eigenvalue weighted by atomic mass is 9.96. The molecule has 2 aliphatic carbocycles. The van der Waals surface area contributed by atoms with Crippen LogP contribution in [0.5, 0.6) is 11.5 Å². The molecule has 106 valence electrons. The summed E-state index contributed by atoms with van der Waals surface area (Å²) in [6, 6.07) is 10.5. The summed E-state index contributed by atoms with van der Waals surface area (Å²) in [6.07, 6.45) is 4.59. The predicted molar refractivity (Wildman–Crippen MR) is 75.7 cm³/mol. The molecule has 2 saturated carbocycles. The van der Waals surface area contributed by atoms with E-state index >= 15 is 0 Å². The standard InChI is InChI=1S/C16H20N2O2/c1-19-14-3-2-4-15(9-14)20-11-16(10-17,12-5-6-12)18-13-7-8-13/h2-4,9,12-13,18H,5-8,11H2,1H3. The number of ether oxygens (including phenoxy) is 2. The number of nitrogens with zero attached hydrogens (tertiary/aromatic N) is 1. The quantitative estimate of drug-likeness (QED) is 0.828. The molecule has 0 spiro atoms. The molecule has 1 atom stereocenters. The Balaban J connectivity index is 1.68. The van der Waals surface area contributed by atoms with Gasteiger partial charge in [-0.1, -0.05) is 6.07 Å². The summed E-state index contributed by atoms with van der Waals surface area (Å²) in [5, 5.41) is 13.1. The minimum absolute atomic E-state index is 0.401. The third kappa shape index (κ3) is 2.88. The van der Waals surface area contributed by atoms with Gasteiger partial charge in [-0.3, -0.25) is 5.32 Å². The average Bonchev–Trinajstić information content (AvgIpc) is 3.37. The second kappa shape index (κ2) is 5.34. The van der Waals surface area contributed by atoms with E-state index in [-0.39, 0.29) is 0 Å². The van der Waals surface area contributed by atoms with Crippen LogP contribution >= 0.6 is 0 Å². The van der Waals surface area contributed by atoms with Gasteiger partial charge in [0.1, 0.15) is 23.6 Å². The third-order valence-electron chi connectivity index (χ3n) is 4.02. The van der Waals surface area contributed by atoms with Crippen LogP contribution in [0.15, 0.2) is 24.3 Å². The van der Waals surface area contributed by atoms with Gasteiger partial charge >= 0.3 is 0 Å². The van der Waals surface area contributed by atoms with Gasteiger partial charge in [0.05, 0.1) is 13.2 Å². The zero-order chi connectivity index (χ0) is 14.0. The van der Waals surface area contributed by atoms with Crippen LogP contribution < -0.4 is 14.8 Å². The van der Waals surface area contributed by atoms with Crippen LogP contribution in [0.1, 0.15) is 25.7 Å². The highest BCUT2D eigenvalue weighted by atomic mass is 16.5. The Hall–Kier alpha value is -1.73. The Morgan fingerprint density at radius 3 is 2.65 bits per heavy atom. The lowest BCUT2D eigenvalue weighted by molar-refractivity contribution is 0.200. The number of nitriles is 1. The first-order valence-corrected chi connectivity index (χ1v) is 7.21. The van der Waals surface area contributed by atoms with E-state index in [1.54, 1.807) is 7.11 Å². The fourth-order valence-corrected chi connectivity index (χ4v) is 2.49. The van der Waals surface area contributed by atoms with E-state index in [0.29, 0.717) is 18.6 Å². The normalized spacial score (nSPS) is 20.8. The van der Waals surface area contributed by atoms with Crippen LogP contribution in [0.3, 0.4) is 0 Å². The van der Waals surface area contributed by atoms with Gasteiger partial charge in [-0.15, -0.1) is 0 Å². The zero-order valence-corrected chi connectivity index (χ0v) is 11.8. The predicted octanol–water partition coefficient (Wildman–Crippen LogP) is 2.50. The third-order valence-corrected chi connectivity index (χ3v) is 4.02. The lowest BCUT2D eigenvalue weighted by Gasteiger charge is -2.28. The van der Waals surface area contributed by atoms with Crippen LogP contribution in [-0.4, -0.2) is 25.3 Å². The first-order valence-electron chi connectivity index (χ1n) is 7.21. The van der Waals surface area contributed by atoms with Crippen LogP contribution in [0.2, 0.25) is 0 Å². The fraction of sp³-hybridized carbons (Fsp3) is 0.562. The van der Waals surface area contributed by atoms with E-state index in [4.69, 9.17) is 9.47 Å². The van der Waals surface area contributed by atoms with Crippen molar-refractivity contribution in [3.63, 3.8) is 0 Å². The van der Waals surface area contributed by atoms with Crippen molar-refractivity contribution in [2.75, 3.05) is 13.7 Å². The summed E-state index contributed by atoms with van der Waals surface area (Å²) < 4.78 is 11.1. The van der Waals surface area contributed by atoms with Crippen molar-refractivity contribution in [2.24, 2.45) is 5.92 Å². The van der Waals surface area contributed by atoms with Crippen LogP contribution in [-0.2, 0) is 0 Å². The van der Waals surface area contributed by atoms with E-state index in [1.807, 2.05) is 24.3 Å². The van der Waals surface area contributed by atoms with Crippen molar-refractivity contribution in [1.82, 2.24) is 5.32 Å². The van der Waals surface area contributed by atoms with Crippen LogP contribution in [0.4, 0.5) is 0 Å². The van der Waals surface area contributed by atoms with Crippen molar-refractivity contribution < 1.29 is 9.47 Å². The Morgan fingerprint density at radius 1 is 1.30 bits per heavy atom. The van der Waals surface area contributed by atoms with Crippen molar-refractivity contribution in [3.8, 4) is 17.6 Å². The number of hydrogen-bond acceptors (Lipinski definition) is 4. The molecule has 0 aliphatic heterocycles. The zero-order valence-electron chi connectivity index (χ0n) is 11.8. The average molecular weight is 272 g/mol. The summed E-state index contributed by atoms with van der Waals surface area (Å²) in [5.74, 6) is 1.95. The molecular formula is C16H20N2O2. The molecular weight excluding hydrogens is 252 g/mol. The Labute approximate surface area is 119 Å². The number of nitrogens with one attached hydrogen (secondary N) is 1. The second-order valence-electron chi connectivity index (χ2n) is 5.74. The maximum Gasteiger partial charge on any atom is 0.144 e. The molecule has 1 unspecified atom stereocenters. The number of hydrogen-bond donors (Lipinski definition) is 1. The number of rotatable bonds is 7. The monoisotopic (exact) mass is 272 g/mol. The van der Waals surface area contributed by atoms with Gasteiger partial charge in [-0.05, 0) is 43.7 Å².